The summed E-state index contributed by atoms with van der Waals surface area (Å²) in [5, 5.41) is 4.85. The third kappa shape index (κ3) is 4.68. The summed E-state index contributed by atoms with van der Waals surface area (Å²) in [7, 11) is 1.86. The lowest BCUT2D eigenvalue weighted by atomic mass is 10.1. The fourth-order valence-corrected chi connectivity index (χ4v) is 3.81. The summed E-state index contributed by atoms with van der Waals surface area (Å²) in [5.41, 5.74) is 3.12. The number of nitrogens with zero attached hydrogens (tertiary/aromatic N) is 4. The Balaban J connectivity index is 1.38. The number of benzene rings is 2. The number of fused-ring (bicyclic) bond motifs is 1. The van der Waals surface area contributed by atoms with Gasteiger partial charge >= 0.3 is 0 Å². The van der Waals surface area contributed by atoms with Crippen LogP contribution in [0.25, 0.3) is 11.3 Å². The quantitative estimate of drug-likeness (QED) is 0.421. The van der Waals surface area contributed by atoms with Crippen molar-refractivity contribution in [2.75, 3.05) is 13.2 Å². The van der Waals surface area contributed by atoms with Gasteiger partial charge in [-0.15, -0.1) is 0 Å². The number of carbonyl (C=O) groups is 1. The first-order valence-corrected chi connectivity index (χ1v) is 10.9. The van der Waals surface area contributed by atoms with Crippen molar-refractivity contribution in [3.05, 3.63) is 89.3 Å². The molecule has 3 heterocycles. The summed E-state index contributed by atoms with van der Waals surface area (Å²) < 4.78 is 13.6. The number of rotatable bonds is 5. The molecule has 33 heavy (non-hydrogen) atoms. The van der Waals surface area contributed by atoms with Crippen LogP contribution in [0.15, 0.2) is 73.2 Å². The van der Waals surface area contributed by atoms with E-state index in [-0.39, 0.29) is 5.91 Å². The predicted octanol–water partition coefficient (Wildman–Crippen LogP) is 4.96. The molecule has 0 saturated heterocycles. The van der Waals surface area contributed by atoms with Gasteiger partial charge in [-0.1, -0.05) is 23.7 Å². The molecule has 2 aromatic heterocycles. The van der Waals surface area contributed by atoms with E-state index in [0.29, 0.717) is 47.5 Å². The fraction of sp³-hybridized carbons (Fsp3) is 0.160. The Bertz CT molecular complexity index is 1300. The van der Waals surface area contributed by atoms with Crippen LogP contribution in [0.1, 0.15) is 15.9 Å². The van der Waals surface area contributed by atoms with Gasteiger partial charge in [0.25, 0.3) is 5.91 Å². The highest BCUT2D eigenvalue weighted by molar-refractivity contribution is 6.30. The lowest BCUT2D eigenvalue weighted by Crippen LogP contribution is -2.31. The zero-order valence-electron chi connectivity index (χ0n) is 17.9. The SMILES string of the molecule is Cn1cc(-c2cc(Oc3ccc4c(c3)C(=O)N(Cc3ccc(Cl)cc3)CCO4)ccn2)cn1. The summed E-state index contributed by atoms with van der Waals surface area (Å²) in [4.78, 5) is 19.5. The third-order valence-corrected chi connectivity index (χ3v) is 5.59. The highest BCUT2D eigenvalue weighted by atomic mass is 35.5. The molecule has 8 heteroatoms. The lowest BCUT2D eigenvalue weighted by Gasteiger charge is -2.20. The second-order valence-electron chi connectivity index (χ2n) is 7.74. The van der Waals surface area contributed by atoms with Gasteiger partial charge in [0.15, 0.2) is 0 Å². The Morgan fingerprint density at radius 3 is 2.70 bits per heavy atom. The van der Waals surface area contributed by atoms with Crippen LogP contribution < -0.4 is 9.47 Å². The molecular weight excluding hydrogens is 440 g/mol. The first-order valence-electron chi connectivity index (χ1n) is 10.5. The van der Waals surface area contributed by atoms with Gasteiger partial charge in [-0.2, -0.15) is 5.10 Å². The number of pyridine rings is 1. The van der Waals surface area contributed by atoms with Crippen molar-refractivity contribution in [1.82, 2.24) is 19.7 Å². The summed E-state index contributed by atoms with van der Waals surface area (Å²) in [6.45, 7) is 1.39. The van der Waals surface area contributed by atoms with E-state index in [9.17, 15) is 4.79 Å². The van der Waals surface area contributed by atoms with Crippen LogP contribution in [-0.4, -0.2) is 38.7 Å². The average molecular weight is 461 g/mol. The van der Waals surface area contributed by atoms with E-state index in [0.717, 1.165) is 16.8 Å². The molecule has 0 fully saturated rings. The molecule has 4 aromatic rings. The van der Waals surface area contributed by atoms with Crippen LogP contribution in [0.3, 0.4) is 0 Å². The Hall–Kier alpha value is -3.84. The van der Waals surface area contributed by atoms with Crippen molar-refractivity contribution in [3.63, 3.8) is 0 Å². The first-order chi connectivity index (χ1) is 16.0. The monoisotopic (exact) mass is 460 g/mol. The standard InChI is InChI=1S/C25H21ClN4O3/c1-29-16-18(14-28-29)23-13-21(8-9-27-23)33-20-6-7-24-22(12-20)25(31)30(10-11-32-24)15-17-2-4-19(26)5-3-17/h2-9,12-14,16H,10-11,15H2,1H3. The minimum Gasteiger partial charge on any atom is -0.491 e. The highest BCUT2D eigenvalue weighted by Gasteiger charge is 2.24. The van der Waals surface area contributed by atoms with Crippen molar-refractivity contribution >= 4 is 17.5 Å². The summed E-state index contributed by atoms with van der Waals surface area (Å²) in [5.74, 6) is 1.61. The molecule has 0 aliphatic carbocycles. The number of hydrogen-bond acceptors (Lipinski definition) is 5. The van der Waals surface area contributed by atoms with E-state index in [1.54, 1.807) is 46.2 Å². The van der Waals surface area contributed by atoms with Crippen LogP contribution >= 0.6 is 11.6 Å². The zero-order chi connectivity index (χ0) is 22.8. The van der Waals surface area contributed by atoms with Crippen molar-refractivity contribution in [3.8, 4) is 28.5 Å². The Morgan fingerprint density at radius 1 is 1.09 bits per heavy atom. The molecule has 0 bridgehead atoms. The van der Waals surface area contributed by atoms with E-state index < -0.39 is 0 Å². The molecule has 166 valence electrons. The predicted molar refractivity (Wildman–Crippen MR) is 125 cm³/mol. The molecule has 7 nitrogen and oxygen atoms in total. The van der Waals surface area contributed by atoms with Gasteiger partial charge in [-0.3, -0.25) is 14.5 Å². The minimum absolute atomic E-state index is 0.103. The minimum atomic E-state index is -0.103. The molecular formula is C25H21ClN4O3. The number of carbonyl (C=O) groups excluding carboxylic acids is 1. The molecule has 1 aliphatic heterocycles. The number of hydrogen-bond donors (Lipinski definition) is 0. The highest BCUT2D eigenvalue weighted by Crippen LogP contribution is 2.31. The number of halogens is 1. The second-order valence-corrected chi connectivity index (χ2v) is 8.18. The summed E-state index contributed by atoms with van der Waals surface area (Å²) in [6.07, 6.45) is 5.32. The largest absolute Gasteiger partial charge is 0.491 e. The van der Waals surface area contributed by atoms with Crippen LogP contribution in [0.2, 0.25) is 5.02 Å². The molecule has 1 aliphatic rings. The van der Waals surface area contributed by atoms with Gasteiger partial charge in [0.1, 0.15) is 23.9 Å². The molecule has 0 atom stereocenters. The molecule has 5 rings (SSSR count). The second kappa shape index (κ2) is 8.96. The maximum atomic E-state index is 13.3. The Morgan fingerprint density at radius 2 is 1.91 bits per heavy atom. The van der Waals surface area contributed by atoms with Crippen molar-refractivity contribution in [2.24, 2.45) is 7.05 Å². The normalized spacial score (nSPS) is 13.3. The van der Waals surface area contributed by atoms with Crippen LogP contribution in [0.4, 0.5) is 0 Å². The molecule has 0 radical (unpaired) electrons. The van der Waals surface area contributed by atoms with Crippen molar-refractivity contribution in [2.45, 2.75) is 6.54 Å². The first kappa shape index (κ1) is 21.0. The summed E-state index contributed by atoms with van der Waals surface area (Å²) >= 11 is 5.98. The van der Waals surface area contributed by atoms with Crippen LogP contribution in [0, 0.1) is 0 Å². The third-order valence-electron chi connectivity index (χ3n) is 5.34. The Labute approximate surface area is 196 Å². The van der Waals surface area contributed by atoms with Crippen molar-refractivity contribution < 1.29 is 14.3 Å². The van der Waals surface area contributed by atoms with Gasteiger partial charge in [-0.25, -0.2) is 0 Å². The lowest BCUT2D eigenvalue weighted by molar-refractivity contribution is 0.0742. The molecule has 0 N–H and O–H groups in total. The number of ether oxygens (including phenoxy) is 2. The topological polar surface area (TPSA) is 69.5 Å². The smallest absolute Gasteiger partial charge is 0.258 e. The van der Waals surface area contributed by atoms with Crippen LogP contribution in [-0.2, 0) is 13.6 Å². The molecule has 0 saturated carbocycles. The van der Waals surface area contributed by atoms with Gasteiger partial charge in [-0.05, 0) is 42.0 Å². The van der Waals surface area contributed by atoms with Gasteiger partial charge in [0.2, 0.25) is 0 Å². The van der Waals surface area contributed by atoms with Crippen LogP contribution in [0.5, 0.6) is 17.2 Å². The van der Waals surface area contributed by atoms with Gasteiger partial charge in [0.05, 0.1) is 24.0 Å². The zero-order valence-corrected chi connectivity index (χ0v) is 18.7. The molecule has 0 unspecified atom stereocenters. The van der Waals surface area contributed by atoms with Gasteiger partial charge in [0, 0.05) is 42.6 Å². The van der Waals surface area contributed by atoms with E-state index in [2.05, 4.69) is 10.1 Å². The number of aromatic nitrogens is 3. The molecule has 0 spiro atoms. The van der Waals surface area contributed by atoms with E-state index in [4.69, 9.17) is 21.1 Å². The maximum absolute atomic E-state index is 13.3. The fourth-order valence-electron chi connectivity index (χ4n) is 3.69. The van der Waals surface area contributed by atoms with E-state index in [1.807, 2.05) is 43.6 Å². The van der Waals surface area contributed by atoms with Crippen molar-refractivity contribution in [1.29, 1.82) is 0 Å². The summed E-state index contributed by atoms with van der Waals surface area (Å²) in [6, 6.07) is 16.4. The Kier molecular flexibility index (Phi) is 5.71. The number of aryl methyl sites for hydroxylation is 1. The molecule has 1 amide bonds. The van der Waals surface area contributed by atoms with Gasteiger partial charge < -0.3 is 14.4 Å². The average Bonchev–Trinajstić information content (AvgIpc) is 3.20. The maximum Gasteiger partial charge on any atom is 0.258 e. The number of amides is 1. The van der Waals surface area contributed by atoms with E-state index >= 15 is 0 Å². The molecule has 2 aromatic carbocycles. The van der Waals surface area contributed by atoms with E-state index in [1.165, 1.54) is 0 Å².